The van der Waals surface area contributed by atoms with E-state index in [0.29, 0.717) is 36.8 Å². The zero-order valence-electron chi connectivity index (χ0n) is 49.5. The van der Waals surface area contributed by atoms with Gasteiger partial charge in [-0.1, -0.05) is 63.0 Å². The van der Waals surface area contributed by atoms with Gasteiger partial charge in [0, 0.05) is 175 Å². The van der Waals surface area contributed by atoms with Crippen molar-refractivity contribution in [2.24, 2.45) is 17.6 Å². The van der Waals surface area contributed by atoms with Crippen molar-refractivity contribution in [3.8, 4) is 0 Å². The van der Waals surface area contributed by atoms with Crippen LogP contribution in [0, 0.1) is 11.8 Å². The van der Waals surface area contributed by atoms with Crippen molar-refractivity contribution in [2.45, 2.75) is 110 Å². The number of sulfonamides is 1. The predicted octanol–water partition coefficient (Wildman–Crippen LogP) is 13.1. The minimum Gasteiger partial charge on any atom is -0.371 e. The highest BCUT2D eigenvalue weighted by atomic mass is 35.5. The Morgan fingerprint density at radius 2 is 0.916 bits per heavy atom. The largest absolute Gasteiger partial charge is 0.371 e. The van der Waals surface area contributed by atoms with Crippen LogP contribution in [0.3, 0.4) is 0 Å². The molecule has 12 rings (SSSR count). The number of aromatic amines is 4. The number of fused-ring (bicyclic) bond motifs is 4. The Labute approximate surface area is 499 Å². The number of nitrogens with one attached hydrogen (secondary N) is 4. The summed E-state index contributed by atoms with van der Waals surface area (Å²) in [6.07, 6.45) is 16.5. The summed E-state index contributed by atoms with van der Waals surface area (Å²) in [6.45, 7) is 17.1. The number of likely N-dealkylation sites (tertiary alicyclic amines) is 1. The number of nitrogens with zero attached hydrogens (tertiary/aromatic N) is 5. The van der Waals surface area contributed by atoms with Crippen LogP contribution in [-0.4, -0.2) is 133 Å². The molecule has 4 fully saturated rings. The Balaban J connectivity index is 0.000000133. The van der Waals surface area contributed by atoms with E-state index < -0.39 is 10.0 Å². The van der Waals surface area contributed by atoms with Crippen LogP contribution in [0.1, 0.15) is 132 Å². The van der Waals surface area contributed by atoms with E-state index in [2.05, 4.69) is 106 Å². The molecule has 4 saturated heterocycles. The van der Waals surface area contributed by atoms with Gasteiger partial charge in [0.15, 0.2) is 0 Å². The minimum atomic E-state index is -3.06. The zero-order valence-corrected chi connectivity index (χ0v) is 51.9. The van der Waals surface area contributed by atoms with Gasteiger partial charge in [-0.25, -0.2) is 12.7 Å². The van der Waals surface area contributed by atoms with Crippen LogP contribution < -0.4 is 15.5 Å². The second-order valence-electron chi connectivity index (χ2n) is 24.0. The Morgan fingerprint density at radius 1 is 0.542 bits per heavy atom. The van der Waals surface area contributed by atoms with E-state index in [1.807, 2.05) is 68.0 Å². The summed E-state index contributed by atoms with van der Waals surface area (Å²) in [5, 5.41) is 6.45. The average molecular weight is 1190 g/mol. The first kappa shape index (κ1) is 61.1. The van der Waals surface area contributed by atoms with Gasteiger partial charge < -0.3 is 45.3 Å². The third kappa shape index (κ3) is 14.6. The Hall–Kier alpha value is -6.46. The van der Waals surface area contributed by atoms with E-state index in [1.165, 1.54) is 61.1 Å². The van der Waals surface area contributed by atoms with E-state index in [-0.39, 0.29) is 29.6 Å². The summed E-state index contributed by atoms with van der Waals surface area (Å²) < 4.78 is 24.9. The summed E-state index contributed by atoms with van der Waals surface area (Å²) in [7, 11) is 0.599. The van der Waals surface area contributed by atoms with E-state index in [1.54, 1.807) is 16.1 Å². The van der Waals surface area contributed by atoms with Crippen LogP contribution in [0.15, 0.2) is 97.6 Å². The Kier molecular flexibility index (Phi) is 19.6. The van der Waals surface area contributed by atoms with E-state index >= 15 is 0 Å². The third-order valence-electron chi connectivity index (χ3n) is 17.6. The van der Waals surface area contributed by atoms with Gasteiger partial charge in [0.2, 0.25) is 27.7 Å². The number of carbonyl (C=O) groups excluding carboxylic acids is 3. The number of aromatic nitrogens is 4. The lowest BCUT2D eigenvalue weighted by Crippen LogP contribution is -2.40. The van der Waals surface area contributed by atoms with Gasteiger partial charge in [0.1, 0.15) is 0 Å². The predicted molar refractivity (Wildman–Crippen MR) is 342 cm³/mol. The molecular formula is C65H84Cl2N10O5S. The van der Waals surface area contributed by atoms with Crippen molar-refractivity contribution >= 4 is 106 Å². The van der Waals surface area contributed by atoms with Crippen molar-refractivity contribution in [3.05, 3.63) is 130 Å². The molecule has 18 heteroatoms. The van der Waals surface area contributed by atoms with Crippen molar-refractivity contribution in [3.63, 3.8) is 0 Å². The molecule has 0 radical (unpaired) electrons. The zero-order chi connectivity index (χ0) is 59.3. The smallest absolute Gasteiger partial charge is 0.225 e. The van der Waals surface area contributed by atoms with E-state index in [9.17, 15) is 22.8 Å². The van der Waals surface area contributed by atoms with Crippen LogP contribution >= 0.6 is 23.2 Å². The molecule has 0 bridgehead atoms. The summed E-state index contributed by atoms with van der Waals surface area (Å²) in [4.78, 5) is 56.1. The van der Waals surface area contributed by atoms with Gasteiger partial charge in [-0.2, -0.15) is 0 Å². The van der Waals surface area contributed by atoms with Crippen molar-refractivity contribution < 1.29 is 22.8 Å². The fraction of sp³-hybridized carbons (Fsp3) is 0.462. The molecule has 4 aromatic carbocycles. The highest BCUT2D eigenvalue weighted by molar-refractivity contribution is 7.88. The molecule has 4 aliphatic rings. The number of carbonyl (C=O) groups is 3. The van der Waals surface area contributed by atoms with Gasteiger partial charge >= 0.3 is 0 Å². The first-order chi connectivity index (χ1) is 39.6. The number of hydrogen-bond acceptors (Lipinski definition) is 7. The van der Waals surface area contributed by atoms with Gasteiger partial charge in [0.25, 0.3) is 0 Å². The average Bonchev–Trinajstić information content (AvgIpc) is 3.40. The number of hydrogen-bond donors (Lipinski definition) is 5. The van der Waals surface area contributed by atoms with Crippen molar-refractivity contribution in [1.82, 2.24) is 34.0 Å². The monoisotopic (exact) mass is 1190 g/mol. The molecule has 444 valence electrons. The summed E-state index contributed by atoms with van der Waals surface area (Å²) >= 11 is 12.4. The maximum Gasteiger partial charge on any atom is 0.225 e. The summed E-state index contributed by atoms with van der Waals surface area (Å²) in [5.74, 6) is 2.46. The minimum absolute atomic E-state index is 0.0112. The summed E-state index contributed by atoms with van der Waals surface area (Å²) in [6, 6.07) is 25.6. The highest BCUT2D eigenvalue weighted by Gasteiger charge is 2.30. The maximum absolute atomic E-state index is 12.0. The highest BCUT2D eigenvalue weighted by Crippen LogP contribution is 2.39. The molecule has 4 aliphatic heterocycles. The van der Waals surface area contributed by atoms with Crippen LogP contribution in [0.25, 0.3) is 43.6 Å². The lowest BCUT2D eigenvalue weighted by molar-refractivity contribution is -0.133. The second-order valence-corrected chi connectivity index (χ2v) is 26.9. The molecule has 0 unspecified atom stereocenters. The number of nitrogens with two attached hydrogens (primary N) is 1. The number of anilines is 2. The SMILES string of the molecule is CC(=O)N1CCC(c2cc(C(C)C)cc3[nH]ccc23)CC1.CC(C)c1cc(C2CCN(S(C)(=O)=O)CC2)c2cc[nH]c2c1.CN(C)C(=O)C1CCN(c2cc(Cl)cc3[nH]ccc23)CC1.NC(=O)C1CCN(c2cc(Cl)cc3[nH]ccc23)CC1. The summed E-state index contributed by atoms with van der Waals surface area (Å²) in [5.41, 5.74) is 17.8. The van der Waals surface area contributed by atoms with Gasteiger partial charge in [-0.15, -0.1) is 0 Å². The first-order valence-electron chi connectivity index (χ1n) is 29.6. The fourth-order valence-electron chi connectivity index (χ4n) is 12.7. The molecule has 0 atom stereocenters. The molecule has 0 spiro atoms. The maximum atomic E-state index is 12.0. The fourth-order valence-corrected chi connectivity index (χ4v) is 14.0. The molecule has 8 heterocycles. The number of rotatable bonds is 9. The first-order valence-corrected chi connectivity index (χ1v) is 32.2. The van der Waals surface area contributed by atoms with Crippen LogP contribution in [0.5, 0.6) is 0 Å². The Morgan fingerprint density at radius 3 is 1.28 bits per heavy atom. The molecule has 0 saturated carbocycles. The number of piperidine rings is 4. The standard InChI is InChI=1S/C18H24N2O.C17H24N2O2S.C16H20ClN3O.C14H16ClN3O/c1-12(2)15-10-17(16-4-7-19-18(16)11-15)14-5-8-20(9-6-14)13(3)21;1-12(2)14-10-16(15-4-7-18-17(15)11-14)13-5-8-19(9-6-13)22(3,20)21;1-19(2)16(21)11-4-7-20(8-5-11)15-10-12(17)9-14-13(15)3-6-18-14;15-10-7-12-11(1-4-17-12)13(8-10)18-5-2-9(3-6-18)14(16)19/h4,7,10-12,14,19H,5-6,8-9H2,1-3H3;4,7,10-13,18H,5-6,8-9H2,1-3H3;3,6,9-11,18H,4-5,7-8H2,1-2H3;1,4,7-9,17H,2-3,5-6H2,(H2,16,19). The number of amides is 3. The molecule has 6 N–H and O–H groups in total. The molecular weight excluding hydrogens is 1100 g/mol. The normalized spacial score (nSPS) is 17.2. The molecule has 0 aliphatic carbocycles. The van der Waals surface area contributed by atoms with Crippen LogP contribution in [0.2, 0.25) is 10.0 Å². The number of benzene rings is 4. The molecule has 4 aromatic heterocycles. The quantitative estimate of drug-likeness (QED) is 0.0950. The third-order valence-corrected chi connectivity index (χ3v) is 19.3. The van der Waals surface area contributed by atoms with Gasteiger partial charge in [-0.3, -0.25) is 14.4 Å². The lowest BCUT2D eigenvalue weighted by Gasteiger charge is -2.34. The van der Waals surface area contributed by atoms with Crippen molar-refractivity contribution in [2.75, 3.05) is 82.5 Å². The number of primary amides is 1. The number of H-pyrrole nitrogens is 4. The van der Waals surface area contributed by atoms with E-state index in [0.717, 1.165) is 123 Å². The Bertz CT molecular complexity index is 3640. The topological polar surface area (TPSA) is 191 Å². The van der Waals surface area contributed by atoms with Gasteiger partial charge in [0.05, 0.1) is 6.26 Å². The van der Waals surface area contributed by atoms with Gasteiger partial charge in [-0.05, 0) is 158 Å². The lowest BCUT2D eigenvalue weighted by atomic mass is 9.85. The van der Waals surface area contributed by atoms with E-state index in [4.69, 9.17) is 28.9 Å². The number of halogens is 2. The molecule has 8 aromatic rings. The second kappa shape index (κ2) is 26.6. The van der Waals surface area contributed by atoms with Crippen LogP contribution in [-0.2, 0) is 24.4 Å². The van der Waals surface area contributed by atoms with Crippen molar-refractivity contribution in [1.29, 1.82) is 0 Å². The van der Waals surface area contributed by atoms with Crippen LogP contribution in [0.4, 0.5) is 11.4 Å². The molecule has 3 amide bonds. The molecule has 83 heavy (non-hydrogen) atoms. The molecule has 15 nitrogen and oxygen atoms in total.